The number of nitrogens with zero attached hydrogens (tertiary/aromatic N) is 3. The minimum Gasteiger partial charge on any atom is -0.399 e. The van der Waals surface area contributed by atoms with Crippen LogP contribution < -0.4 is 5.32 Å². The maximum Gasteiger partial charge on any atom is 0.273 e. The highest BCUT2D eigenvalue weighted by molar-refractivity contribution is 6.47. The predicted molar refractivity (Wildman–Crippen MR) is 117 cm³/mol. The van der Waals surface area contributed by atoms with Crippen molar-refractivity contribution in [2.45, 2.75) is 13.5 Å². The van der Waals surface area contributed by atoms with Gasteiger partial charge in [0.1, 0.15) is 32.2 Å². The van der Waals surface area contributed by atoms with Gasteiger partial charge in [-0.05, 0) is 19.1 Å². The summed E-state index contributed by atoms with van der Waals surface area (Å²) in [5, 5.41) is 15.2. The SMILES string of the molecule is CNC(=O)C(=NOC)c1ccccc1CON=C(C)C(=NOC)c1ccc(Cl)cc1. The Balaban J connectivity index is 2.23. The third-order valence-electron chi connectivity index (χ3n) is 3.96. The van der Waals surface area contributed by atoms with Gasteiger partial charge in [-0.2, -0.15) is 0 Å². The van der Waals surface area contributed by atoms with Crippen LogP contribution in [-0.2, 0) is 25.9 Å². The van der Waals surface area contributed by atoms with Crippen molar-refractivity contribution in [1.82, 2.24) is 5.32 Å². The molecule has 0 bridgehead atoms. The molecule has 30 heavy (non-hydrogen) atoms. The Kier molecular flexibility index (Phi) is 8.83. The number of halogens is 1. The van der Waals surface area contributed by atoms with Crippen molar-refractivity contribution in [3.8, 4) is 0 Å². The number of carbonyl (C=O) groups excluding carboxylic acids is 1. The quantitative estimate of drug-likeness (QED) is 0.487. The summed E-state index contributed by atoms with van der Waals surface area (Å²) in [4.78, 5) is 27.4. The van der Waals surface area contributed by atoms with E-state index in [1.165, 1.54) is 21.3 Å². The summed E-state index contributed by atoms with van der Waals surface area (Å²) in [7, 11) is 4.35. The van der Waals surface area contributed by atoms with Gasteiger partial charge in [-0.3, -0.25) is 4.79 Å². The number of oxime groups is 3. The van der Waals surface area contributed by atoms with Gasteiger partial charge in [0.2, 0.25) is 0 Å². The molecule has 0 aromatic heterocycles. The smallest absolute Gasteiger partial charge is 0.273 e. The molecule has 1 N–H and O–H groups in total. The summed E-state index contributed by atoms with van der Waals surface area (Å²) in [6, 6.07) is 14.3. The fourth-order valence-corrected chi connectivity index (χ4v) is 2.69. The maximum atomic E-state index is 12.1. The first-order valence-electron chi connectivity index (χ1n) is 8.97. The van der Waals surface area contributed by atoms with E-state index in [-0.39, 0.29) is 18.2 Å². The van der Waals surface area contributed by atoms with Crippen LogP contribution in [0.4, 0.5) is 0 Å². The van der Waals surface area contributed by atoms with Crippen molar-refractivity contribution < 1.29 is 19.3 Å². The Labute approximate surface area is 180 Å². The fraction of sp³-hybridized carbons (Fsp3) is 0.238. The molecule has 0 unspecified atom stereocenters. The second-order valence-electron chi connectivity index (χ2n) is 5.94. The first-order valence-corrected chi connectivity index (χ1v) is 9.35. The highest BCUT2D eigenvalue weighted by Crippen LogP contribution is 2.14. The Morgan fingerprint density at radius 1 is 0.967 bits per heavy atom. The third kappa shape index (κ3) is 6.05. The fourth-order valence-electron chi connectivity index (χ4n) is 2.57. The van der Waals surface area contributed by atoms with Crippen molar-refractivity contribution >= 4 is 34.6 Å². The maximum absolute atomic E-state index is 12.1. The first-order chi connectivity index (χ1) is 14.5. The molecule has 0 radical (unpaired) electrons. The number of likely N-dealkylation sites (N-methyl/N-ethyl adjacent to an activating group) is 1. The van der Waals surface area contributed by atoms with Gasteiger partial charge in [0, 0.05) is 28.8 Å². The molecule has 0 heterocycles. The molecular weight excluding hydrogens is 408 g/mol. The average molecular weight is 431 g/mol. The summed E-state index contributed by atoms with van der Waals surface area (Å²) in [6.45, 7) is 1.86. The number of benzene rings is 2. The minimum atomic E-state index is -0.374. The Morgan fingerprint density at radius 2 is 1.60 bits per heavy atom. The van der Waals surface area contributed by atoms with Crippen LogP contribution in [0.25, 0.3) is 0 Å². The van der Waals surface area contributed by atoms with Crippen molar-refractivity contribution in [2.75, 3.05) is 21.3 Å². The molecule has 0 aliphatic rings. The number of amides is 1. The molecule has 8 nitrogen and oxygen atoms in total. The second kappa shape index (κ2) is 11.6. The molecule has 1 amide bonds. The lowest BCUT2D eigenvalue weighted by Gasteiger charge is -2.10. The standard InChI is InChI=1S/C21H23ClN4O4/c1-14(19(25-28-3)15-9-11-17(22)12-10-15)24-30-13-16-7-5-6-8-18(16)20(26-29-4)21(27)23-2/h5-12H,13H2,1-4H3,(H,23,27). The summed E-state index contributed by atoms with van der Waals surface area (Å²) in [5.41, 5.74) is 3.23. The summed E-state index contributed by atoms with van der Waals surface area (Å²) < 4.78 is 0. The monoisotopic (exact) mass is 430 g/mol. The predicted octanol–water partition coefficient (Wildman–Crippen LogP) is 3.38. The van der Waals surface area contributed by atoms with Crippen LogP contribution in [0.2, 0.25) is 5.02 Å². The topological polar surface area (TPSA) is 93.9 Å². The molecule has 2 aromatic rings. The minimum absolute atomic E-state index is 0.105. The van der Waals surface area contributed by atoms with Gasteiger partial charge in [-0.1, -0.05) is 63.5 Å². The van der Waals surface area contributed by atoms with E-state index in [1.54, 1.807) is 31.2 Å². The van der Waals surface area contributed by atoms with E-state index in [0.29, 0.717) is 27.6 Å². The van der Waals surface area contributed by atoms with Gasteiger partial charge in [0.15, 0.2) is 5.71 Å². The molecule has 2 rings (SSSR count). The van der Waals surface area contributed by atoms with Gasteiger partial charge in [-0.15, -0.1) is 0 Å². The van der Waals surface area contributed by atoms with E-state index in [4.69, 9.17) is 26.1 Å². The lowest BCUT2D eigenvalue weighted by Crippen LogP contribution is -2.29. The van der Waals surface area contributed by atoms with Crippen LogP contribution in [0.15, 0.2) is 64.0 Å². The van der Waals surface area contributed by atoms with Crippen LogP contribution in [0.3, 0.4) is 0 Å². The number of hydrogen-bond acceptors (Lipinski definition) is 7. The van der Waals surface area contributed by atoms with Crippen LogP contribution in [-0.4, -0.2) is 44.3 Å². The first kappa shape index (κ1) is 22.9. The molecule has 0 aliphatic heterocycles. The van der Waals surface area contributed by atoms with Crippen LogP contribution in [0.5, 0.6) is 0 Å². The molecule has 0 aliphatic carbocycles. The molecule has 158 valence electrons. The Bertz CT molecular complexity index is 956. The highest BCUT2D eigenvalue weighted by Gasteiger charge is 2.17. The van der Waals surface area contributed by atoms with Crippen molar-refractivity contribution in [1.29, 1.82) is 0 Å². The van der Waals surface area contributed by atoms with E-state index in [0.717, 1.165) is 5.56 Å². The van der Waals surface area contributed by atoms with Crippen LogP contribution in [0, 0.1) is 0 Å². The molecule has 9 heteroatoms. The Morgan fingerprint density at radius 3 is 2.23 bits per heavy atom. The largest absolute Gasteiger partial charge is 0.399 e. The van der Waals surface area contributed by atoms with Crippen LogP contribution >= 0.6 is 11.6 Å². The average Bonchev–Trinajstić information content (AvgIpc) is 2.76. The van der Waals surface area contributed by atoms with Gasteiger partial charge in [0.25, 0.3) is 5.91 Å². The molecule has 0 saturated heterocycles. The van der Waals surface area contributed by atoms with Crippen molar-refractivity contribution in [3.63, 3.8) is 0 Å². The van der Waals surface area contributed by atoms with E-state index in [2.05, 4.69) is 20.8 Å². The zero-order chi connectivity index (χ0) is 21.9. The van der Waals surface area contributed by atoms with Gasteiger partial charge < -0.3 is 19.8 Å². The molecule has 0 fully saturated rings. The lowest BCUT2D eigenvalue weighted by atomic mass is 10.0. The van der Waals surface area contributed by atoms with E-state index in [9.17, 15) is 4.79 Å². The number of carbonyl (C=O) groups is 1. The highest BCUT2D eigenvalue weighted by atomic mass is 35.5. The summed E-state index contributed by atoms with van der Waals surface area (Å²) in [6.07, 6.45) is 0. The van der Waals surface area contributed by atoms with E-state index >= 15 is 0 Å². The van der Waals surface area contributed by atoms with Gasteiger partial charge in [0.05, 0.1) is 0 Å². The van der Waals surface area contributed by atoms with Crippen LogP contribution in [0.1, 0.15) is 23.6 Å². The number of rotatable bonds is 9. The normalized spacial score (nSPS) is 12.4. The zero-order valence-electron chi connectivity index (χ0n) is 17.2. The third-order valence-corrected chi connectivity index (χ3v) is 4.21. The molecule has 0 atom stereocenters. The number of hydrogen-bond donors (Lipinski definition) is 1. The summed E-state index contributed by atoms with van der Waals surface area (Å²) in [5.74, 6) is -0.374. The zero-order valence-corrected chi connectivity index (χ0v) is 17.9. The number of nitrogens with one attached hydrogen (secondary N) is 1. The second-order valence-corrected chi connectivity index (χ2v) is 6.37. The molecular formula is C21H23ClN4O4. The van der Waals surface area contributed by atoms with Crippen molar-refractivity contribution in [3.05, 3.63) is 70.2 Å². The summed E-state index contributed by atoms with van der Waals surface area (Å²) >= 11 is 5.95. The lowest BCUT2D eigenvalue weighted by molar-refractivity contribution is -0.114. The van der Waals surface area contributed by atoms with E-state index in [1.807, 2.05) is 24.3 Å². The molecule has 0 spiro atoms. The van der Waals surface area contributed by atoms with Crippen molar-refractivity contribution in [2.24, 2.45) is 15.5 Å². The molecule has 2 aromatic carbocycles. The molecule has 0 saturated carbocycles. The van der Waals surface area contributed by atoms with Gasteiger partial charge in [-0.25, -0.2) is 0 Å². The van der Waals surface area contributed by atoms with E-state index < -0.39 is 0 Å². The Hall–Kier alpha value is -3.39. The van der Waals surface area contributed by atoms with Gasteiger partial charge >= 0.3 is 0 Å².